The molecule has 0 aliphatic heterocycles. The van der Waals surface area contributed by atoms with Gasteiger partial charge in [0, 0.05) is 4.88 Å². The zero-order valence-electron chi connectivity index (χ0n) is 12.6. The summed E-state index contributed by atoms with van der Waals surface area (Å²) >= 11 is 1.23. The van der Waals surface area contributed by atoms with Crippen molar-refractivity contribution in [1.82, 2.24) is 0 Å². The van der Waals surface area contributed by atoms with Crippen molar-refractivity contribution in [1.29, 1.82) is 0 Å². The van der Waals surface area contributed by atoms with E-state index < -0.39 is 15.9 Å². The lowest BCUT2D eigenvalue weighted by Crippen LogP contribution is -2.17. The number of primary amides is 1. The van der Waals surface area contributed by atoms with E-state index in [1.807, 2.05) is 20.8 Å². The lowest BCUT2D eigenvalue weighted by molar-refractivity contribution is 0.100. The number of aryl methyl sites for hydroxylation is 3. The first kappa shape index (κ1) is 16.5. The van der Waals surface area contributed by atoms with E-state index in [9.17, 15) is 13.2 Å². The van der Waals surface area contributed by atoms with Gasteiger partial charge in [-0.05, 0) is 49.6 Å². The van der Waals surface area contributed by atoms with Gasteiger partial charge in [-0.15, -0.1) is 11.3 Å². The van der Waals surface area contributed by atoms with Gasteiger partial charge in [0.15, 0.2) is 0 Å². The zero-order chi connectivity index (χ0) is 16.5. The van der Waals surface area contributed by atoms with Gasteiger partial charge in [0.1, 0.15) is 5.00 Å². The van der Waals surface area contributed by atoms with Crippen molar-refractivity contribution in [3.63, 3.8) is 0 Å². The maximum Gasteiger partial charge on any atom is 0.262 e. The summed E-state index contributed by atoms with van der Waals surface area (Å²) in [5.41, 5.74) is 7.42. The molecule has 5 nitrogen and oxygen atoms in total. The second-order valence-electron chi connectivity index (χ2n) is 5.02. The molecule has 0 aliphatic carbocycles. The van der Waals surface area contributed by atoms with E-state index in [-0.39, 0.29) is 15.5 Å². The van der Waals surface area contributed by atoms with Crippen LogP contribution in [0.25, 0.3) is 0 Å². The molecule has 0 atom stereocenters. The van der Waals surface area contributed by atoms with Gasteiger partial charge in [0.25, 0.3) is 15.9 Å². The maximum atomic E-state index is 12.5. The van der Waals surface area contributed by atoms with Crippen LogP contribution in [0.4, 0.5) is 5.00 Å². The van der Waals surface area contributed by atoms with Gasteiger partial charge in [0.05, 0.1) is 10.5 Å². The number of sulfonamides is 1. The molecule has 22 heavy (non-hydrogen) atoms. The fourth-order valence-electron chi connectivity index (χ4n) is 1.94. The first-order valence-corrected chi connectivity index (χ1v) is 9.07. The summed E-state index contributed by atoms with van der Waals surface area (Å²) in [6.07, 6.45) is 0.705. The molecule has 0 unspecified atom stereocenters. The van der Waals surface area contributed by atoms with Crippen LogP contribution in [0.5, 0.6) is 0 Å². The number of hydrogen-bond donors (Lipinski definition) is 2. The summed E-state index contributed by atoms with van der Waals surface area (Å²) in [6, 6.07) is 6.54. The SMILES string of the molecule is CCc1cc(C(N)=O)c(NS(=O)(=O)c2ccc(C)c(C)c2)s1. The Kier molecular flexibility index (Phi) is 4.58. The molecule has 1 heterocycles. The smallest absolute Gasteiger partial charge is 0.262 e. The van der Waals surface area contributed by atoms with E-state index >= 15 is 0 Å². The van der Waals surface area contributed by atoms with Gasteiger partial charge < -0.3 is 5.73 Å². The number of carbonyl (C=O) groups excluding carboxylic acids is 1. The van der Waals surface area contributed by atoms with Crippen LogP contribution in [0.2, 0.25) is 0 Å². The number of carbonyl (C=O) groups is 1. The standard InChI is InChI=1S/C15H18N2O3S2/c1-4-11-8-13(14(16)18)15(21-11)17-22(19,20)12-6-5-9(2)10(3)7-12/h5-8,17H,4H2,1-3H3,(H2,16,18). The molecule has 0 radical (unpaired) electrons. The Balaban J connectivity index is 2.42. The first-order chi connectivity index (χ1) is 10.2. The summed E-state index contributed by atoms with van der Waals surface area (Å²) in [7, 11) is -3.75. The van der Waals surface area contributed by atoms with Crippen molar-refractivity contribution in [3.05, 3.63) is 45.8 Å². The van der Waals surface area contributed by atoms with Gasteiger partial charge in [-0.2, -0.15) is 0 Å². The summed E-state index contributed by atoms with van der Waals surface area (Å²) in [5, 5.41) is 0.266. The minimum Gasteiger partial charge on any atom is -0.366 e. The molecule has 118 valence electrons. The van der Waals surface area contributed by atoms with Gasteiger partial charge in [-0.3, -0.25) is 9.52 Å². The zero-order valence-corrected chi connectivity index (χ0v) is 14.3. The van der Waals surface area contributed by atoms with E-state index in [1.165, 1.54) is 11.3 Å². The van der Waals surface area contributed by atoms with Gasteiger partial charge in [-0.25, -0.2) is 8.42 Å². The van der Waals surface area contributed by atoms with Crippen molar-refractivity contribution < 1.29 is 13.2 Å². The van der Waals surface area contributed by atoms with E-state index in [1.54, 1.807) is 24.3 Å². The second kappa shape index (κ2) is 6.10. The fourth-order valence-corrected chi connectivity index (χ4v) is 4.34. The van der Waals surface area contributed by atoms with Crippen molar-refractivity contribution in [3.8, 4) is 0 Å². The molecule has 0 bridgehead atoms. The minimum atomic E-state index is -3.75. The van der Waals surface area contributed by atoms with E-state index in [0.717, 1.165) is 16.0 Å². The maximum absolute atomic E-state index is 12.5. The largest absolute Gasteiger partial charge is 0.366 e. The molecule has 1 amide bonds. The quantitative estimate of drug-likeness (QED) is 0.878. The van der Waals surface area contributed by atoms with Crippen LogP contribution >= 0.6 is 11.3 Å². The molecule has 3 N–H and O–H groups in total. The van der Waals surface area contributed by atoms with Crippen molar-refractivity contribution >= 4 is 32.3 Å². The van der Waals surface area contributed by atoms with Gasteiger partial charge in [-0.1, -0.05) is 13.0 Å². The van der Waals surface area contributed by atoms with Crippen molar-refractivity contribution in [2.45, 2.75) is 32.1 Å². The third-order valence-electron chi connectivity index (χ3n) is 3.41. The molecule has 0 aliphatic rings. The van der Waals surface area contributed by atoms with Gasteiger partial charge >= 0.3 is 0 Å². The van der Waals surface area contributed by atoms with Crippen LogP contribution in [0, 0.1) is 13.8 Å². The number of benzene rings is 1. The van der Waals surface area contributed by atoms with Crippen LogP contribution < -0.4 is 10.5 Å². The topological polar surface area (TPSA) is 89.3 Å². The highest BCUT2D eigenvalue weighted by molar-refractivity contribution is 7.93. The molecular formula is C15H18N2O3S2. The third kappa shape index (κ3) is 3.31. The van der Waals surface area contributed by atoms with E-state index in [0.29, 0.717) is 6.42 Å². The van der Waals surface area contributed by atoms with Crippen LogP contribution in [0.1, 0.15) is 33.3 Å². The summed E-state index contributed by atoms with van der Waals surface area (Å²) in [4.78, 5) is 12.5. The van der Waals surface area contributed by atoms with Crippen LogP contribution in [0.15, 0.2) is 29.2 Å². The molecule has 2 aromatic rings. The van der Waals surface area contributed by atoms with Gasteiger partial charge in [0.2, 0.25) is 0 Å². The summed E-state index contributed by atoms with van der Waals surface area (Å²) in [6.45, 7) is 5.69. The average molecular weight is 338 g/mol. The van der Waals surface area contributed by atoms with E-state index in [4.69, 9.17) is 5.73 Å². The molecule has 2 rings (SSSR count). The molecule has 0 spiro atoms. The number of anilines is 1. The number of hydrogen-bond acceptors (Lipinski definition) is 4. The first-order valence-electron chi connectivity index (χ1n) is 6.77. The molecule has 0 fully saturated rings. The van der Waals surface area contributed by atoms with E-state index in [2.05, 4.69) is 4.72 Å². The Bertz CT molecular complexity index is 823. The number of thiophene rings is 1. The molecule has 1 aromatic carbocycles. The highest BCUT2D eigenvalue weighted by Gasteiger charge is 2.20. The molecule has 0 saturated carbocycles. The Morgan fingerprint density at radius 2 is 1.91 bits per heavy atom. The fraction of sp³-hybridized carbons (Fsp3) is 0.267. The number of nitrogens with one attached hydrogen (secondary N) is 1. The Hall–Kier alpha value is -1.86. The highest BCUT2D eigenvalue weighted by Crippen LogP contribution is 2.30. The van der Waals surface area contributed by atoms with Crippen molar-refractivity contribution in [2.24, 2.45) is 5.73 Å². The minimum absolute atomic E-state index is 0.164. The predicted molar refractivity (Wildman–Crippen MR) is 88.9 cm³/mol. The summed E-state index contributed by atoms with van der Waals surface area (Å²) in [5.74, 6) is -0.645. The Labute approximate surface area is 134 Å². The lowest BCUT2D eigenvalue weighted by Gasteiger charge is -2.09. The van der Waals surface area contributed by atoms with Crippen LogP contribution in [-0.4, -0.2) is 14.3 Å². The lowest BCUT2D eigenvalue weighted by atomic mass is 10.1. The number of rotatable bonds is 5. The summed E-state index contributed by atoms with van der Waals surface area (Å²) < 4.78 is 27.4. The average Bonchev–Trinajstić information content (AvgIpc) is 2.84. The number of nitrogens with two attached hydrogens (primary N) is 1. The Morgan fingerprint density at radius 3 is 2.45 bits per heavy atom. The molecular weight excluding hydrogens is 320 g/mol. The highest BCUT2D eigenvalue weighted by atomic mass is 32.2. The Morgan fingerprint density at radius 1 is 1.23 bits per heavy atom. The van der Waals surface area contributed by atoms with Crippen molar-refractivity contribution in [2.75, 3.05) is 4.72 Å². The molecule has 0 saturated heterocycles. The predicted octanol–water partition coefficient (Wildman–Crippen LogP) is 2.83. The second-order valence-corrected chi connectivity index (χ2v) is 7.84. The van der Waals surface area contributed by atoms with Crippen LogP contribution in [0.3, 0.4) is 0 Å². The molecule has 1 aromatic heterocycles. The third-order valence-corrected chi connectivity index (χ3v) is 6.08. The van der Waals surface area contributed by atoms with Crippen LogP contribution in [-0.2, 0) is 16.4 Å². The monoisotopic (exact) mass is 338 g/mol. The number of amides is 1. The molecule has 7 heteroatoms. The normalized spacial score (nSPS) is 11.4.